The first-order valence-corrected chi connectivity index (χ1v) is 3.69. The average molecular weight is 157 g/mol. The molecule has 2 nitrogen and oxygen atoms in total. The zero-order valence-corrected chi connectivity index (χ0v) is 6.64. The molecule has 0 saturated carbocycles. The van der Waals surface area contributed by atoms with E-state index in [1.807, 2.05) is 13.0 Å². The third kappa shape index (κ3) is 0.960. The molecule has 2 aromatic rings. The van der Waals surface area contributed by atoms with E-state index in [1.54, 1.807) is 6.07 Å². The lowest BCUT2D eigenvalue weighted by atomic mass is 10.1. The fourth-order valence-corrected chi connectivity index (χ4v) is 1.20. The Bertz CT molecular complexity index is 470. The van der Waals surface area contributed by atoms with Crippen LogP contribution in [-0.4, -0.2) is 4.98 Å². The molecule has 2 rings (SSSR count). The highest BCUT2D eigenvalue weighted by atomic mass is 16.1. The Morgan fingerprint density at radius 1 is 1.42 bits per heavy atom. The molecule has 1 aromatic carbocycles. The van der Waals surface area contributed by atoms with Crippen LogP contribution in [0.1, 0.15) is 5.56 Å². The van der Waals surface area contributed by atoms with Crippen LogP contribution in [0.4, 0.5) is 0 Å². The molecular weight excluding hydrogens is 150 g/mol. The van der Waals surface area contributed by atoms with Gasteiger partial charge in [-0.1, -0.05) is 6.07 Å². The van der Waals surface area contributed by atoms with E-state index in [2.05, 4.69) is 17.1 Å². The molecule has 0 amide bonds. The zero-order chi connectivity index (χ0) is 8.55. The van der Waals surface area contributed by atoms with E-state index in [9.17, 15) is 4.79 Å². The summed E-state index contributed by atoms with van der Waals surface area (Å²) in [6, 6.07) is 10.9. The van der Waals surface area contributed by atoms with E-state index in [4.69, 9.17) is 0 Å². The molecule has 0 spiro atoms. The van der Waals surface area contributed by atoms with Crippen LogP contribution in [0.3, 0.4) is 0 Å². The molecular formula is C10H7NO. The highest BCUT2D eigenvalue weighted by molar-refractivity contribution is 5.79. The van der Waals surface area contributed by atoms with Gasteiger partial charge in [-0.15, -0.1) is 0 Å². The number of hydrogen-bond donors (Lipinski definition) is 1. The van der Waals surface area contributed by atoms with Crippen LogP contribution in [0, 0.1) is 19.1 Å². The largest absolute Gasteiger partial charge is 0.315 e. The van der Waals surface area contributed by atoms with Crippen molar-refractivity contribution >= 4 is 10.9 Å². The minimum Gasteiger partial charge on any atom is -0.315 e. The first kappa shape index (κ1) is 6.93. The molecule has 2 heteroatoms. The SMILES string of the molecule is Cc1cc#cc2[nH]c(=O)ccc12. The van der Waals surface area contributed by atoms with Crippen molar-refractivity contribution in [2.45, 2.75) is 6.92 Å². The molecule has 0 aliphatic heterocycles. The molecule has 0 aliphatic carbocycles. The normalized spacial score (nSPS) is 9.75. The quantitative estimate of drug-likeness (QED) is 0.616. The number of aromatic nitrogens is 1. The molecule has 0 fully saturated rings. The van der Waals surface area contributed by atoms with Crippen LogP contribution in [-0.2, 0) is 0 Å². The molecule has 12 heavy (non-hydrogen) atoms. The van der Waals surface area contributed by atoms with Gasteiger partial charge in [0.15, 0.2) is 0 Å². The fraction of sp³-hybridized carbons (Fsp3) is 0.100. The molecule has 0 bridgehead atoms. The molecule has 0 unspecified atom stereocenters. The Morgan fingerprint density at radius 3 is 3.08 bits per heavy atom. The third-order valence-electron chi connectivity index (χ3n) is 1.83. The van der Waals surface area contributed by atoms with Gasteiger partial charge in [0.2, 0.25) is 5.56 Å². The summed E-state index contributed by atoms with van der Waals surface area (Å²) >= 11 is 0. The number of rotatable bonds is 0. The van der Waals surface area contributed by atoms with Gasteiger partial charge in [0.05, 0.1) is 0 Å². The van der Waals surface area contributed by atoms with E-state index in [0.717, 1.165) is 16.5 Å². The number of aromatic amines is 1. The highest BCUT2D eigenvalue weighted by Gasteiger charge is 1.94. The Morgan fingerprint density at radius 2 is 2.25 bits per heavy atom. The van der Waals surface area contributed by atoms with Crippen molar-refractivity contribution in [3.63, 3.8) is 0 Å². The molecule has 1 N–H and O–H groups in total. The maximum absolute atomic E-state index is 10.9. The lowest BCUT2D eigenvalue weighted by Crippen LogP contribution is -2.02. The lowest BCUT2D eigenvalue weighted by molar-refractivity contribution is 1.30. The van der Waals surface area contributed by atoms with Crippen molar-refractivity contribution < 1.29 is 0 Å². The predicted octanol–water partition coefficient (Wildman–Crippen LogP) is 1.44. The first-order chi connectivity index (χ1) is 5.77. The van der Waals surface area contributed by atoms with E-state index in [0.29, 0.717) is 0 Å². The number of pyridine rings is 1. The number of hydrogen-bond acceptors (Lipinski definition) is 1. The second-order valence-electron chi connectivity index (χ2n) is 2.71. The van der Waals surface area contributed by atoms with Crippen LogP contribution in [0.25, 0.3) is 10.9 Å². The van der Waals surface area contributed by atoms with Gasteiger partial charge in [0.25, 0.3) is 0 Å². The molecule has 0 saturated heterocycles. The van der Waals surface area contributed by atoms with Gasteiger partial charge in [0, 0.05) is 11.5 Å². The van der Waals surface area contributed by atoms with Crippen molar-refractivity contribution in [3.8, 4) is 0 Å². The molecule has 1 aromatic heterocycles. The second-order valence-corrected chi connectivity index (χ2v) is 2.71. The number of H-pyrrole nitrogens is 1. The van der Waals surface area contributed by atoms with E-state index in [-0.39, 0.29) is 5.56 Å². The van der Waals surface area contributed by atoms with Gasteiger partial charge in [-0.3, -0.25) is 4.79 Å². The highest BCUT2D eigenvalue weighted by Crippen LogP contribution is 2.09. The van der Waals surface area contributed by atoms with E-state index >= 15 is 0 Å². The summed E-state index contributed by atoms with van der Waals surface area (Å²) in [7, 11) is 0. The summed E-state index contributed by atoms with van der Waals surface area (Å²) in [5.74, 6) is 0. The minimum absolute atomic E-state index is 0.0993. The lowest BCUT2D eigenvalue weighted by Gasteiger charge is -1.95. The van der Waals surface area contributed by atoms with Gasteiger partial charge in [0.1, 0.15) is 5.52 Å². The Kier molecular flexibility index (Phi) is 1.38. The van der Waals surface area contributed by atoms with Crippen LogP contribution < -0.4 is 5.56 Å². The number of aryl methyl sites for hydroxylation is 1. The maximum Gasteiger partial charge on any atom is 0.248 e. The van der Waals surface area contributed by atoms with Crippen molar-refractivity contribution in [1.29, 1.82) is 0 Å². The molecule has 0 aliphatic rings. The summed E-state index contributed by atoms with van der Waals surface area (Å²) in [6.07, 6.45) is 0. The number of fused-ring (bicyclic) bond motifs is 1. The second kappa shape index (κ2) is 2.38. The standard InChI is InChI=1S/C10H7NO/c1-7-3-2-4-9-8(7)5-6-10(12)11-9/h3,5-6H,1H3,(H,11,12). The van der Waals surface area contributed by atoms with Gasteiger partial charge >= 0.3 is 0 Å². The summed E-state index contributed by atoms with van der Waals surface area (Å²) in [5.41, 5.74) is 1.72. The predicted molar refractivity (Wildman–Crippen MR) is 47.0 cm³/mol. The van der Waals surface area contributed by atoms with Gasteiger partial charge in [-0.05, 0) is 30.7 Å². The van der Waals surface area contributed by atoms with E-state index < -0.39 is 0 Å². The molecule has 58 valence electrons. The Hall–Kier alpha value is -1.75. The van der Waals surface area contributed by atoms with Crippen LogP contribution >= 0.6 is 0 Å². The van der Waals surface area contributed by atoms with Crippen molar-refractivity contribution in [2.75, 3.05) is 0 Å². The summed E-state index contributed by atoms with van der Waals surface area (Å²) in [4.78, 5) is 13.6. The fourth-order valence-electron chi connectivity index (χ4n) is 1.20. The van der Waals surface area contributed by atoms with Crippen molar-refractivity contribution in [3.05, 3.63) is 46.2 Å². The van der Waals surface area contributed by atoms with Crippen LogP contribution in [0.2, 0.25) is 0 Å². The summed E-state index contributed by atoms with van der Waals surface area (Å²) in [5, 5.41) is 1.02. The molecule has 0 radical (unpaired) electrons. The Balaban J connectivity index is 2.96. The monoisotopic (exact) mass is 157 g/mol. The Labute approximate surface area is 69.9 Å². The zero-order valence-electron chi connectivity index (χ0n) is 6.64. The van der Waals surface area contributed by atoms with Gasteiger partial charge in [-0.25, -0.2) is 0 Å². The summed E-state index contributed by atoms with van der Waals surface area (Å²) in [6.45, 7) is 1.98. The first-order valence-electron chi connectivity index (χ1n) is 3.69. The topological polar surface area (TPSA) is 32.9 Å². The summed E-state index contributed by atoms with van der Waals surface area (Å²) < 4.78 is 0. The third-order valence-corrected chi connectivity index (χ3v) is 1.83. The number of nitrogens with one attached hydrogen (secondary N) is 1. The van der Waals surface area contributed by atoms with Crippen LogP contribution in [0.5, 0.6) is 0 Å². The molecule has 0 atom stereocenters. The van der Waals surface area contributed by atoms with Crippen molar-refractivity contribution in [1.82, 2.24) is 4.98 Å². The minimum atomic E-state index is -0.0993. The molecule has 1 heterocycles. The maximum atomic E-state index is 10.9. The van der Waals surface area contributed by atoms with E-state index in [1.165, 1.54) is 6.07 Å². The average Bonchev–Trinajstić information content (AvgIpc) is 2.04. The van der Waals surface area contributed by atoms with Crippen molar-refractivity contribution in [2.24, 2.45) is 0 Å². The van der Waals surface area contributed by atoms with Crippen LogP contribution in [0.15, 0.2) is 23.0 Å². The van der Waals surface area contributed by atoms with Gasteiger partial charge < -0.3 is 4.98 Å². The van der Waals surface area contributed by atoms with Gasteiger partial charge in [-0.2, -0.15) is 0 Å². The smallest absolute Gasteiger partial charge is 0.248 e.